The Hall–Kier alpha value is -2.37. The quantitative estimate of drug-likeness (QED) is 0.556. The average Bonchev–Trinajstić information content (AvgIpc) is 3.06. The molecule has 0 aliphatic carbocycles. The number of piperidine rings is 1. The van der Waals surface area contributed by atoms with Crippen LogP contribution in [-0.2, 0) is 23.9 Å². The summed E-state index contributed by atoms with van der Waals surface area (Å²) in [5.74, 6) is -1.95. The largest absolute Gasteiger partial charge is 0.444 e. The van der Waals surface area contributed by atoms with Gasteiger partial charge in [-0.2, -0.15) is 0 Å². The van der Waals surface area contributed by atoms with Crippen LogP contribution in [-0.4, -0.2) is 73.2 Å². The number of likely N-dealkylation sites (tertiary alicyclic amines) is 1. The molecular formula is C19H27ClN4O6S. The molecule has 1 fully saturated rings. The Labute approximate surface area is 189 Å². The first kappa shape index (κ1) is 24.9. The van der Waals surface area contributed by atoms with Gasteiger partial charge in [0.15, 0.2) is 0 Å². The number of alkyl carbamates (subject to hydrolysis) is 1. The summed E-state index contributed by atoms with van der Waals surface area (Å²) in [4.78, 5) is 50.6. The van der Waals surface area contributed by atoms with Gasteiger partial charge < -0.3 is 30.3 Å². The molecule has 172 valence electrons. The number of thiophene rings is 1. The number of ether oxygens (including phenoxy) is 2. The maximum absolute atomic E-state index is 12.4. The van der Waals surface area contributed by atoms with Gasteiger partial charge in [-0.05, 0) is 39.3 Å². The van der Waals surface area contributed by atoms with Crippen molar-refractivity contribution in [1.82, 2.24) is 15.5 Å². The van der Waals surface area contributed by atoms with Crippen LogP contribution in [0.2, 0.25) is 4.34 Å². The van der Waals surface area contributed by atoms with E-state index in [1.165, 1.54) is 12.0 Å². The molecule has 2 atom stereocenters. The van der Waals surface area contributed by atoms with Crippen molar-refractivity contribution in [3.05, 3.63) is 16.5 Å². The Morgan fingerprint density at radius 1 is 1.16 bits per heavy atom. The van der Waals surface area contributed by atoms with Crippen LogP contribution in [0.3, 0.4) is 0 Å². The summed E-state index contributed by atoms with van der Waals surface area (Å²) in [5, 5.41) is 8.24. The van der Waals surface area contributed by atoms with Gasteiger partial charge in [-0.25, -0.2) is 4.79 Å². The van der Waals surface area contributed by atoms with Crippen molar-refractivity contribution in [1.29, 1.82) is 0 Å². The monoisotopic (exact) mass is 474 g/mol. The predicted octanol–water partition coefficient (Wildman–Crippen LogP) is 1.60. The van der Waals surface area contributed by atoms with Crippen LogP contribution < -0.4 is 16.0 Å². The van der Waals surface area contributed by atoms with Crippen molar-refractivity contribution in [3.8, 4) is 0 Å². The molecule has 1 aromatic heterocycles. The third-order valence-corrected chi connectivity index (χ3v) is 5.41. The second-order valence-electron chi connectivity index (χ2n) is 7.95. The van der Waals surface area contributed by atoms with Crippen molar-refractivity contribution < 1.29 is 28.7 Å². The van der Waals surface area contributed by atoms with Crippen molar-refractivity contribution >= 4 is 51.8 Å². The molecule has 2 unspecified atom stereocenters. The predicted molar refractivity (Wildman–Crippen MR) is 116 cm³/mol. The average molecular weight is 475 g/mol. The van der Waals surface area contributed by atoms with E-state index in [0.717, 1.165) is 11.3 Å². The summed E-state index contributed by atoms with van der Waals surface area (Å²) in [6, 6.07) is 1.96. The molecule has 1 aliphatic rings. The number of hydrogen-bond donors (Lipinski definition) is 3. The SMILES string of the molecule is COCC(=O)N1CCC(NC(=O)C(=O)Nc2ccc(Cl)s2)C(NC(=O)OC(C)(C)C)C1. The van der Waals surface area contributed by atoms with Gasteiger partial charge in [0, 0.05) is 20.2 Å². The molecule has 10 nitrogen and oxygen atoms in total. The number of methoxy groups -OCH3 is 1. The zero-order valence-corrected chi connectivity index (χ0v) is 19.4. The fourth-order valence-corrected chi connectivity index (χ4v) is 3.89. The van der Waals surface area contributed by atoms with Gasteiger partial charge in [-0.15, -0.1) is 11.3 Å². The molecule has 2 rings (SSSR count). The van der Waals surface area contributed by atoms with E-state index in [-0.39, 0.29) is 19.1 Å². The second-order valence-corrected chi connectivity index (χ2v) is 9.67. The molecule has 0 aromatic carbocycles. The normalized spacial score (nSPS) is 18.8. The summed E-state index contributed by atoms with van der Waals surface area (Å²) < 4.78 is 10.6. The fourth-order valence-electron chi connectivity index (χ4n) is 2.96. The standard InChI is InChI=1S/C19H27ClN4O6S/c1-19(2,3)30-18(28)22-12-9-24(15(25)10-29-4)8-7-11(12)21-16(26)17(27)23-14-6-5-13(20)31-14/h5-6,11-12H,7-10H2,1-4H3,(H,21,26)(H,22,28)(H,23,27). The van der Waals surface area contributed by atoms with Gasteiger partial charge in [0.1, 0.15) is 12.2 Å². The number of halogens is 1. The number of carbonyl (C=O) groups is 4. The maximum atomic E-state index is 12.4. The molecule has 1 aromatic rings. The van der Waals surface area contributed by atoms with Crippen LogP contribution in [0.4, 0.5) is 9.80 Å². The number of nitrogens with zero attached hydrogens (tertiary/aromatic N) is 1. The number of nitrogens with one attached hydrogen (secondary N) is 3. The molecule has 0 saturated carbocycles. The summed E-state index contributed by atoms with van der Waals surface area (Å²) in [6.45, 7) is 5.55. The molecule has 2 heterocycles. The summed E-state index contributed by atoms with van der Waals surface area (Å²) in [7, 11) is 1.42. The lowest BCUT2D eigenvalue weighted by Crippen LogP contribution is -2.62. The van der Waals surface area contributed by atoms with E-state index in [1.807, 2.05) is 0 Å². The number of anilines is 1. The van der Waals surface area contributed by atoms with Crippen LogP contribution in [0.5, 0.6) is 0 Å². The number of rotatable bonds is 5. The number of hydrogen-bond acceptors (Lipinski definition) is 7. The molecule has 1 aliphatic heterocycles. The summed E-state index contributed by atoms with van der Waals surface area (Å²) >= 11 is 6.95. The van der Waals surface area contributed by atoms with Crippen LogP contribution in [0.25, 0.3) is 0 Å². The molecular weight excluding hydrogens is 448 g/mol. The van der Waals surface area contributed by atoms with Crippen molar-refractivity contribution in [2.75, 3.05) is 32.1 Å². The van der Waals surface area contributed by atoms with Gasteiger partial charge in [-0.1, -0.05) is 11.6 Å². The molecule has 12 heteroatoms. The van der Waals surface area contributed by atoms with E-state index < -0.39 is 35.6 Å². The van der Waals surface area contributed by atoms with Crippen molar-refractivity contribution in [2.45, 2.75) is 44.9 Å². The lowest BCUT2D eigenvalue weighted by molar-refractivity contribution is -0.138. The molecule has 4 amide bonds. The first-order valence-electron chi connectivity index (χ1n) is 9.62. The second kappa shape index (κ2) is 10.8. The van der Waals surface area contributed by atoms with Crippen LogP contribution in [0.15, 0.2) is 12.1 Å². The van der Waals surface area contributed by atoms with E-state index in [4.69, 9.17) is 21.1 Å². The van der Waals surface area contributed by atoms with Crippen LogP contribution >= 0.6 is 22.9 Å². The van der Waals surface area contributed by atoms with Gasteiger partial charge in [0.05, 0.1) is 21.4 Å². The van der Waals surface area contributed by atoms with E-state index in [1.54, 1.807) is 32.9 Å². The zero-order chi connectivity index (χ0) is 23.2. The summed E-state index contributed by atoms with van der Waals surface area (Å²) in [6.07, 6.45) is -0.352. The Bertz CT molecular complexity index is 825. The fraction of sp³-hybridized carbons (Fsp3) is 0.579. The van der Waals surface area contributed by atoms with Gasteiger partial charge in [-0.3, -0.25) is 14.4 Å². The minimum atomic E-state index is -0.859. The first-order valence-corrected chi connectivity index (χ1v) is 10.8. The van der Waals surface area contributed by atoms with Crippen molar-refractivity contribution in [3.63, 3.8) is 0 Å². The van der Waals surface area contributed by atoms with Gasteiger partial charge in [0.25, 0.3) is 0 Å². The Morgan fingerprint density at radius 2 is 1.87 bits per heavy atom. The van der Waals surface area contributed by atoms with E-state index >= 15 is 0 Å². The smallest absolute Gasteiger partial charge is 0.408 e. The van der Waals surface area contributed by atoms with E-state index in [9.17, 15) is 19.2 Å². The third-order valence-electron chi connectivity index (χ3n) is 4.27. The molecule has 3 N–H and O–H groups in total. The van der Waals surface area contributed by atoms with Crippen LogP contribution in [0, 0.1) is 0 Å². The lowest BCUT2D eigenvalue weighted by atomic mass is 9.99. The first-order chi connectivity index (χ1) is 14.5. The van der Waals surface area contributed by atoms with Gasteiger partial charge >= 0.3 is 17.9 Å². The Morgan fingerprint density at radius 3 is 2.45 bits per heavy atom. The van der Waals surface area contributed by atoms with E-state index in [0.29, 0.717) is 22.3 Å². The maximum Gasteiger partial charge on any atom is 0.408 e. The molecule has 0 spiro atoms. The molecule has 1 saturated heterocycles. The third kappa shape index (κ3) is 8.00. The highest BCUT2D eigenvalue weighted by atomic mass is 35.5. The minimum Gasteiger partial charge on any atom is -0.444 e. The molecule has 0 radical (unpaired) electrons. The highest BCUT2D eigenvalue weighted by Crippen LogP contribution is 2.25. The molecule has 0 bridgehead atoms. The number of amides is 4. The lowest BCUT2D eigenvalue weighted by Gasteiger charge is -2.39. The highest BCUT2D eigenvalue weighted by Gasteiger charge is 2.35. The Balaban J connectivity index is 2.04. The Kier molecular flexibility index (Phi) is 8.66. The van der Waals surface area contributed by atoms with Gasteiger partial charge in [0.2, 0.25) is 5.91 Å². The van der Waals surface area contributed by atoms with Crippen molar-refractivity contribution in [2.24, 2.45) is 0 Å². The van der Waals surface area contributed by atoms with Crippen LogP contribution in [0.1, 0.15) is 27.2 Å². The zero-order valence-electron chi connectivity index (χ0n) is 17.8. The minimum absolute atomic E-state index is 0.0953. The highest BCUT2D eigenvalue weighted by molar-refractivity contribution is 7.20. The number of carbonyl (C=O) groups excluding carboxylic acids is 4. The summed E-state index contributed by atoms with van der Waals surface area (Å²) in [5.41, 5.74) is -0.717. The topological polar surface area (TPSA) is 126 Å². The van der Waals surface area contributed by atoms with E-state index in [2.05, 4.69) is 16.0 Å². The molecule has 31 heavy (non-hydrogen) atoms.